The molecule has 6 unspecified atom stereocenters. The van der Waals surface area contributed by atoms with Crippen molar-refractivity contribution in [1.29, 1.82) is 0 Å². The largest absolute Gasteiger partial charge is 0.633 e. The highest BCUT2D eigenvalue weighted by Gasteiger charge is 2.48. The molecule has 0 aromatic carbocycles. The highest BCUT2D eigenvalue weighted by Crippen LogP contribution is 2.49. The van der Waals surface area contributed by atoms with Crippen LogP contribution < -0.4 is 0 Å². The topological polar surface area (TPSA) is 40.1 Å². The number of allylic oxidation sites excluding steroid dienone is 1. The SMILES string of the molecule is C[N+](C)([O-])CC/C=C1/C2CCCCC2S(=O)C2CCC(Cl)CC12. The van der Waals surface area contributed by atoms with Gasteiger partial charge in [-0.1, -0.05) is 24.5 Å². The minimum atomic E-state index is -0.697. The molecule has 3 fully saturated rings. The number of fused-ring (bicyclic) bond motifs is 2. The van der Waals surface area contributed by atoms with Crippen LogP contribution in [0.1, 0.15) is 51.4 Å². The van der Waals surface area contributed by atoms with Gasteiger partial charge in [-0.25, -0.2) is 0 Å². The summed E-state index contributed by atoms with van der Waals surface area (Å²) in [6, 6.07) is 0. The summed E-state index contributed by atoms with van der Waals surface area (Å²) in [6.07, 6.45) is 10.9. The van der Waals surface area contributed by atoms with E-state index >= 15 is 0 Å². The van der Waals surface area contributed by atoms with E-state index in [0.717, 1.165) is 32.1 Å². The third-order valence-electron chi connectivity index (χ3n) is 5.93. The molecular weight excluding hydrogens is 330 g/mol. The number of hydrogen-bond acceptors (Lipinski definition) is 2. The highest BCUT2D eigenvalue weighted by molar-refractivity contribution is 7.86. The lowest BCUT2D eigenvalue weighted by Crippen LogP contribution is -2.49. The molecule has 2 saturated carbocycles. The lowest BCUT2D eigenvalue weighted by Gasteiger charge is -2.48. The van der Waals surface area contributed by atoms with Crippen LogP contribution >= 0.6 is 11.6 Å². The summed E-state index contributed by atoms with van der Waals surface area (Å²) in [5, 5.41) is 12.7. The quantitative estimate of drug-likeness (QED) is 0.331. The molecule has 3 rings (SSSR count). The van der Waals surface area contributed by atoms with Crippen molar-refractivity contribution < 1.29 is 8.86 Å². The summed E-state index contributed by atoms with van der Waals surface area (Å²) >= 11 is 6.45. The van der Waals surface area contributed by atoms with Crippen molar-refractivity contribution in [3.8, 4) is 0 Å². The van der Waals surface area contributed by atoms with Gasteiger partial charge in [-0.3, -0.25) is 4.21 Å². The van der Waals surface area contributed by atoms with Gasteiger partial charge < -0.3 is 9.85 Å². The Morgan fingerprint density at radius 1 is 1.17 bits per heavy atom. The summed E-state index contributed by atoms with van der Waals surface area (Å²) in [7, 11) is 2.71. The molecule has 3 aliphatic rings. The summed E-state index contributed by atoms with van der Waals surface area (Å²) in [5.74, 6) is 0.878. The van der Waals surface area contributed by atoms with Crippen molar-refractivity contribution in [3.05, 3.63) is 16.9 Å². The zero-order valence-corrected chi connectivity index (χ0v) is 16.0. The van der Waals surface area contributed by atoms with Crippen molar-refractivity contribution in [1.82, 2.24) is 0 Å². The summed E-state index contributed by atoms with van der Waals surface area (Å²) in [6.45, 7) is 0.617. The standard InChI is InChI=1S/C18H30ClNO2S/c1-20(2,21)11-5-7-14-15-6-3-4-8-17(15)23(22)18-10-9-13(19)12-16(14)18/h7,13,15-18H,3-6,8-12H2,1-2H3/b14-7-. The minimum Gasteiger partial charge on any atom is -0.633 e. The van der Waals surface area contributed by atoms with E-state index in [1.165, 1.54) is 24.8 Å². The zero-order valence-electron chi connectivity index (χ0n) is 14.4. The first kappa shape index (κ1) is 17.9. The normalized spacial score (nSPS) is 43.0. The zero-order chi connectivity index (χ0) is 16.6. The minimum absolute atomic E-state index is 0.225. The second kappa shape index (κ2) is 7.15. The van der Waals surface area contributed by atoms with Gasteiger partial charge >= 0.3 is 0 Å². The molecule has 1 saturated heterocycles. The maximum absolute atomic E-state index is 13.1. The average Bonchev–Trinajstić information content (AvgIpc) is 2.49. The first-order valence-corrected chi connectivity index (χ1v) is 10.9. The van der Waals surface area contributed by atoms with E-state index in [-0.39, 0.29) is 10.0 Å². The van der Waals surface area contributed by atoms with Crippen LogP contribution in [0.15, 0.2) is 11.6 Å². The molecule has 0 spiro atoms. The summed E-state index contributed by atoms with van der Waals surface area (Å²) < 4.78 is 12.8. The molecule has 132 valence electrons. The first-order chi connectivity index (χ1) is 10.9. The Bertz CT molecular complexity index is 488. The molecule has 5 heteroatoms. The first-order valence-electron chi connectivity index (χ1n) is 9.14. The van der Waals surface area contributed by atoms with Gasteiger partial charge in [0.25, 0.3) is 0 Å². The molecule has 1 heterocycles. The van der Waals surface area contributed by atoms with Crippen molar-refractivity contribution in [2.24, 2.45) is 11.8 Å². The van der Waals surface area contributed by atoms with Gasteiger partial charge in [-0.05, 0) is 43.9 Å². The van der Waals surface area contributed by atoms with Crippen LogP contribution in [0.3, 0.4) is 0 Å². The Kier molecular flexibility index (Phi) is 5.57. The molecule has 0 radical (unpaired) electrons. The van der Waals surface area contributed by atoms with Crippen LogP contribution in [0.25, 0.3) is 0 Å². The fourth-order valence-corrected chi connectivity index (χ4v) is 7.56. The summed E-state index contributed by atoms with van der Waals surface area (Å²) in [4.78, 5) is 0. The Morgan fingerprint density at radius 2 is 1.87 bits per heavy atom. The fraction of sp³-hybridized carbons (Fsp3) is 0.889. The third kappa shape index (κ3) is 4.02. The van der Waals surface area contributed by atoms with E-state index in [2.05, 4.69) is 6.08 Å². The highest BCUT2D eigenvalue weighted by atomic mass is 35.5. The fourth-order valence-electron chi connectivity index (χ4n) is 4.82. The molecule has 0 amide bonds. The number of halogens is 1. The number of alkyl halides is 1. The van der Waals surface area contributed by atoms with E-state index < -0.39 is 10.8 Å². The van der Waals surface area contributed by atoms with Crippen LogP contribution in [-0.2, 0) is 10.8 Å². The van der Waals surface area contributed by atoms with Crippen LogP contribution in [0.4, 0.5) is 0 Å². The Hall–Kier alpha value is 0.1000. The van der Waals surface area contributed by atoms with Gasteiger partial charge in [-0.2, -0.15) is 0 Å². The van der Waals surface area contributed by atoms with Crippen LogP contribution in [0.5, 0.6) is 0 Å². The van der Waals surface area contributed by atoms with Gasteiger partial charge in [0.15, 0.2) is 0 Å². The monoisotopic (exact) mass is 359 g/mol. The summed E-state index contributed by atoms with van der Waals surface area (Å²) in [5.41, 5.74) is 1.51. The van der Waals surface area contributed by atoms with Gasteiger partial charge in [0.1, 0.15) is 0 Å². The lowest BCUT2D eigenvalue weighted by atomic mass is 9.72. The van der Waals surface area contributed by atoms with E-state index in [1.807, 2.05) is 0 Å². The number of nitrogens with zero attached hydrogens (tertiary/aromatic N) is 1. The Balaban J connectivity index is 1.85. The second-order valence-electron chi connectivity index (χ2n) is 8.10. The maximum Gasteiger partial charge on any atom is 0.0814 e. The van der Waals surface area contributed by atoms with Crippen LogP contribution in [0, 0.1) is 17.0 Å². The number of rotatable bonds is 3. The predicted octanol–water partition coefficient (Wildman–Crippen LogP) is 3.97. The van der Waals surface area contributed by atoms with Gasteiger partial charge in [-0.15, -0.1) is 11.6 Å². The Labute approximate surface area is 148 Å². The number of hydroxylamine groups is 3. The lowest BCUT2D eigenvalue weighted by molar-refractivity contribution is -0.839. The molecule has 0 aromatic rings. The van der Waals surface area contributed by atoms with E-state index in [9.17, 15) is 9.42 Å². The van der Waals surface area contributed by atoms with E-state index in [1.54, 1.807) is 14.1 Å². The van der Waals surface area contributed by atoms with E-state index in [0.29, 0.717) is 28.9 Å². The molecule has 6 atom stereocenters. The molecule has 0 aromatic heterocycles. The average molecular weight is 360 g/mol. The maximum atomic E-state index is 13.1. The van der Waals surface area contributed by atoms with Crippen molar-refractivity contribution >= 4 is 22.4 Å². The van der Waals surface area contributed by atoms with Gasteiger partial charge in [0.2, 0.25) is 0 Å². The molecule has 1 aliphatic heterocycles. The van der Waals surface area contributed by atoms with E-state index in [4.69, 9.17) is 11.6 Å². The van der Waals surface area contributed by atoms with Gasteiger partial charge in [0.05, 0.1) is 20.6 Å². The van der Waals surface area contributed by atoms with Crippen molar-refractivity contribution in [3.63, 3.8) is 0 Å². The number of hydrogen-bond donors (Lipinski definition) is 0. The van der Waals surface area contributed by atoms with Crippen LogP contribution in [-0.4, -0.2) is 45.4 Å². The van der Waals surface area contributed by atoms with Crippen LogP contribution in [0.2, 0.25) is 0 Å². The smallest absolute Gasteiger partial charge is 0.0814 e. The number of quaternary nitrogens is 1. The molecule has 0 N–H and O–H groups in total. The predicted molar refractivity (Wildman–Crippen MR) is 97.7 cm³/mol. The van der Waals surface area contributed by atoms with Crippen molar-refractivity contribution in [2.75, 3.05) is 20.6 Å². The molecular formula is C18H30ClNO2S. The molecule has 2 aliphatic carbocycles. The van der Waals surface area contributed by atoms with Crippen molar-refractivity contribution in [2.45, 2.75) is 67.2 Å². The molecule has 23 heavy (non-hydrogen) atoms. The molecule has 0 bridgehead atoms. The second-order valence-corrected chi connectivity index (χ2v) is 10.6. The van der Waals surface area contributed by atoms with Gasteiger partial charge in [0, 0.05) is 33.1 Å². The molecule has 3 nitrogen and oxygen atoms in total. The third-order valence-corrected chi connectivity index (χ3v) is 8.64. The Morgan fingerprint density at radius 3 is 2.61 bits per heavy atom.